The molecule has 1 amide bonds. The molecule has 2 rings (SSSR count). The van der Waals surface area contributed by atoms with E-state index in [4.69, 9.17) is 0 Å². The summed E-state index contributed by atoms with van der Waals surface area (Å²) in [4.78, 5) is 15.3. The van der Waals surface area contributed by atoms with E-state index >= 15 is 0 Å². The first-order chi connectivity index (χ1) is 8.29. The number of benzene rings is 1. The predicted molar refractivity (Wildman–Crippen MR) is 63.3 cm³/mol. The van der Waals surface area contributed by atoms with Crippen molar-refractivity contribution in [1.82, 2.24) is 10.1 Å². The van der Waals surface area contributed by atoms with Crippen LogP contribution in [0.25, 0.3) is 11.4 Å². The Kier molecular flexibility index (Phi) is 3.49. The third kappa shape index (κ3) is 2.90. The minimum Gasteiger partial charge on any atom is -0.342 e. The first-order valence-electron chi connectivity index (χ1n) is 5.46. The van der Waals surface area contributed by atoms with Crippen molar-refractivity contribution in [2.75, 3.05) is 5.32 Å². The quantitative estimate of drug-likeness (QED) is 0.877. The van der Waals surface area contributed by atoms with E-state index in [-0.39, 0.29) is 5.91 Å². The molecule has 1 N–H and O–H groups in total. The van der Waals surface area contributed by atoms with Gasteiger partial charge in [0.2, 0.25) is 18.1 Å². The minimum atomic E-state index is 0.0276. The van der Waals surface area contributed by atoms with Gasteiger partial charge in [0.15, 0.2) is 0 Å². The number of nitrogens with zero attached hydrogens (tertiary/aromatic N) is 2. The third-order valence-electron chi connectivity index (χ3n) is 2.27. The van der Waals surface area contributed by atoms with E-state index < -0.39 is 0 Å². The maximum atomic E-state index is 11.4. The molecular formula is C12H13N3O2. The van der Waals surface area contributed by atoms with Gasteiger partial charge in [-0.1, -0.05) is 12.1 Å². The van der Waals surface area contributed by atoms with Crippen molar-refractivity contribution in [1.29, 1.82) is 0 Å². The first-order valence-corrected chi connectivity index (χ1v) is 5.46. The van der Waals surface area contributed by atoms with Gasteiger partial charge in [0.25, 0.3) is 0 Å². The highest BCUT2D eigenvalue weighted by molar-refractivity contribution is 5.90. The van der Waals surface area contributed by atoms with Crippen LogP contribution < -0.4 is 5.32 Å². The third-order valence-corrected chi connectivity index (χ3v) is 2.27. The number of nitrogens with one attached hydrogen (secondary N) is 1. The number of anilines is 1. The Hall–Kier alpha value is -2.17. The lowest BCUT2D eigenvalue weighted by Crippen LogP contribution is -2.10. The van der Waals surface area contributed by atoms with Crippen LogP contribution in [0.1, 0.15) is 19.8 Å². The molecule has 0 aliphatic rings. The summed E-state index contributed by atoms with van der Waals surface area (Å²) in [6.07, 6.45) is 2.66. The Morgan fingerprint density at radius 3 is 2.71 bits per heavy atom. The molecule has 5 nitrogen and oxygen atoms in total. The summed E-state index contributed by atoms with van der Waals surface area (Å²) in [5.74, 6) is 0.566. The molecule has 1 heterocycles. The molecule has 5 heteroatoms. The SMILES string of the molecule is CCCC(=O)Nc1ccc(-c2ncon2)cc1. The summed E-state index contributed by atoms with van der Waals surface area (Å²) >= 11 is 0. The van der Waals surface area contributed by atoms with Crippen molar-refractivity contribution in [2.24, 2.45) is 0 Å². The van der Waals surface area contributed by atoms with Crippen LogP contribution in [0.2, 0.25) is 0 Å². The summed E-state index contributed by atoms with van der Waals surface area (Å²) in [7, 11) is 0. The van der Waals surface area contributed by atoms with Crippen LogP contribution in [0.15, 0.2) is 35.2 Å². The topological polar surface area (TPSA) is 68.0 Å². The lowest BCUT2D eigenvalue weighted by molar-refractivity contribution is -0.116. The average molecular weight is 231 g/mol. The molecule has 0 bridgehead atoms. The van der Waals surface area contributed by atoms with Gasteiger partial charge < -0.3 is 9.84 Å². The molecule has 0 saturated heterocycles. The molecule has 0 aliphatic carbocycles. The highest BCUT2D eigenvalue weighted by atomic mass is 16.5. The van der Waals surface area contributed by atoms with E-state index in [0.717, 1.165) is 17.7 Å². The number of carbonyl (C=O) groups is 1. The van der Waals surface area contributed by atoms with Gasteiger partial charge in [0, 0.05) is 17.7 Å². The van der Waals surface area contributed by atoms with Gasteiger partial charge in [-0.15, -0.1) is 0 Å². The highest BCUT2D eigenvalue weighted by Gasteiger charge is 2.04. The van der Waals surface area contributed by atoms with Crippen molar-refractivity contribution >= 4 is 11.6 Å². The molecule has 0 saturated carbocycles. The van der Waals surface area contributed by atoms with Gasteiger partial charge in [-0.2, -0.15) is 4.98 Å². The number of rotatable bonds is 4. The molecule has 0 unspecified atom stereocenters. The Balaban J connectivity index is 2.06. The Morgan fingerprint density at radius 2 is 2.12 bits per heavy atom. The second-order valence-corrected chi connectivity index (χ2v) is 3.63. The maximum absolute atomic E-state index is 11.4. The molecule has 0 spiro atoms. The number of amides is 1. The first kappa shape index (κ1) is 11.3. The van der Waals surface area contributed by atoms with E-state index in [0.29, 0.717) is 12.2 Å². The van der Waals surface area contributed by atoms with E-state index in [1.807, 2.05) is 31.2 Å². The zero-order chi connectivity index (χ0) is 12.1. The van der Waals surface area contributed by atoms with Crippen LogP contribution in [-0.2, 0) is 4.79 Å². The van der Waals surface area contributed by atoms with Crippen molar-refractivity contribution in [3.05, 3.63) is 30.7 Å². The van der Waals surface area contributed by atoms with Crippen LogP contribution in [0.3, 0.4) is 0 Å². The van der Waals surface area contributed by atoms with Gasteiger partial charge in [0.1, 0.15) is 0 Å². The molecule has 88 valence electrons. The summed E-state index contributed by atoms with van der Waals surface area (Å²) in [5, 5.41) is 6.55. The lowest BCUT2D eigenvalue weighted by Gasteiger charge is -2.04. The van der Waals surface area contributed by atoms with E-state index in [2.05, 4.69) is 20.0 Å². The van der Waals surface area contributed by atoms with Gasteiger partial charge in [0.05, 0.1) is 0 Å². The molecule has 1 aromatic heterocycles. The van der Waals surface area contributed by atoms with Crippen LogP contribution in [0.5, 0.6) is 0 Å². The Bertz CT molecular complexity index is 477. The van der Waals surface area contributed by atoms with E-state index in [1.54, 1.807) is 0 Å². The van der Waals surface area contributed by atoms with Gasteiger partial charge in [-0.25, -0.2) is 0 Å². The monoisotopic (exact) mass is 231 g/mol. The zero-order valence-electron chi connectivity index (χ0n) is 9.51. The lowest BCUT2D eigenvalue weighted by atomic mass is 10.2. The molecule has 1 aromatic carbocycles. The number of hydrogen-bond donors (Lipinski definition) is 1. The standard InChI is InChI=1S/C12H13N3O2/c1-2-3-11(16)14-10-6-4-9(5-7-10)12-13-8-17-15-12/h4-8H,2-3H2,1H3,(H,14,16). The van der Waals surface area contributed by atoms with Gasteiger partial charge in [-0.05, 0) is 30.7 Å². The van der Waals surface area contributed by atoms with Crippen molar-refractivity contribution in [2.45, 2.75) is 19.8 Å². The van der Waals surface area contributed by atoms with Gasteiger partial charge >= 0.3 is 0 Å². The Morgan fingerprint density at radius 1 is 1.35 bits per heavy atom. The number of hydrogen-bond acceptors (Lipinski definition) is 4. The fraction of sp³-hybridized carbons (Fsp3) is 0.250. The zero-order valence-corrected chi connectivity index (χ0v) is 9.51. The summed E-state index contributed by atoms with van der Waals surface area (Å²) in [6.45, 7) is 1.97. The Labute approximate surface area is 98.8 Å². The molecule has 2 aromatic rings. The largest absolute Gasteiger partial charge is 0.342 e. The molecule has 0 aliphatic heterocycles. The maximum Gasteiger partial charge on any atom is 0.224 e. The van der Waals surface area contributed by atoms with Crippen molar-refractivity contribution in [3.63, 3.8) is 0 Å². The minimum absolute atomic E-state index is 0.0276. The fourth-order valence-electron chi connectivity index (χ4n) is 1.45. The molecule has 0 atom stereocenters. The number of carbonyl (C=O) groups excluding carboxylic acids is 1. The summed E-state index contributed by atoms with van der Waals surface area (Å²) in [5.41, 5.74) is 1.63. The molecule has 0 fully saturated rings. The number of aromatic nitrogens is 2. The predicted octanol–water partition coefficient (Wildman–Crippen LogP) is 2.48. The second-order valence-electron chi connectivity index (χ2n) is 3.63. The summed E-state index contributed by atoms with van der Waals surface area (Å²) in [6, 6.07) is 7.32. The smallest absolute Gasteiger partial charge is 0.224 e. The van der Waals surface area contributed by atoms with Crippen LogP contribution in [0, 0.1) is 0 Å². The molecule has 0 radical (unpaired) electrons. The molecule has 17 heavy (non-hydrogen) atoms. The van der Waals surface area contributed by atoms with E-state index in [9.17, 15) is 4.79 Å². The van der Waals surface area contributed by atoms with Crippen LogP contribution in [0.4, 0.5) is 5.69 Å². The average Bonchev–Trinajstić information content (AvgIpc) is 2.84. The van der Waals surface area contributed by atoms with Crippen LogP contribution >= 0.6 is 0 Å². The summed E-state index contributed by atoms with van der Waals surface area (Å²) < 4.78 is 4.66. The second kappa shape index (κ2) is 5.25. The van der Waals surface area contributed by atoms with Crippen molar-refractivity contribution in [3.8, 4) is 11.4 Å². The van der Waals surface area contributed by atoms with Gasteiger partial charge in [-0.3, -0.25) is 4.79 Å². The van der Waals surface area contributed by atoms with Crippen LogP contribution in [-0.4, -0.2) is 16.0 Å². The fourth-order valence-corrected chi connectivity index (χ4v) is 1.45. The van der Waals surface area contributed by atoms with Crippen molar-refractivity contribution < 1.29 is 9.32 Å². The van der Waals surface area contributed by atoms with E-state index in [1.165, 1.54) is 6.39 Å². The highest BCUT2D eigenvalue weighted by Crippen LogP contribution is 2.17. The molecular weight excluding hydrogens is 218 g/mol. The normalized spacial score (nSPS) is 10.2.